The lowest BCUT2D eigenvalue weighted by Gasteiger charge is -2.46. The van der Waals surface area contributed by atoms with E-state index in [0.29, 0.717) is 68.1 Å². The summed E-state index contributed by atoms with van der Waals surface area (Å²) in [5, 5.41) is 16.8. The summed E-state index contributed by atoms with van der Waals surface area (Å²) in [6.07, 6.45) is 8.13. The van der Waals surface area contributed by atoms with Crippen molar-refractivity contribution >= 4 is 72.7 Å². The molecule has 1 amide bonds. The van der Waals surface area contributed by atoms with Gasteiger partial charge in [-0.2, -0.15) is 4.98 Å². The minimum absolute atomic E-state index is 0.00550. The summed E-state index contributed by atoms with van der Waals surface area (Å²) in [4.78, 5) is 44.5. The first kappa shape index (κ1) is 43.1. The van der Waals surface area contributed by atoms with E-state index in [1.54, 1.807) is 6.20 Å². The van der Waals surface area contributed by atoms with Gasteiger partial charge in [0.2, 0.25) is 5.88 Å². The number of benzene rings is 2. The van der Waals surface area contributed by atoms with Crippen molar-refractivity contribution in [2.75, 3.05) is 94.0 Å². The fourth-order valence-electron chi connectivity index (χ4n) is 9.63. The number of hydrogen-bond acceptors (Lipinski definition) is 14. The van der Waals surface area contributed by atoms with Crippen LogP contribution >= 0.6 is 11.6 Å². The molecule has 340 valence electrons. The van der Waals surface area contributed by atoms with E-state index in [1.165, 1.54) is 35.0 Å². The first-order valence-electron chi connectivity index (χ1n) is 22.1. The molecule has 3 N–H and O–H groups in total. The number of aromatic nitrogens is 3. The number of allylic oxidation sites excluding steroid dienone is 1. The van der Waals surface area contributed by atoms with E-state index in [9.17, 15) is 23.3 Å². The fraction of sp³-hybridized carbons (Fsp3) is 0.413. The molecular weight excluding hydrogens is 874 g/mol. The number of anilines is 4. The van der Waals surface area contributed by atoms with Crippen LogP contribution in [0.25, 0.3) is 16.6 Å². The standard InChI is InChI=1S/C46H50ClN9O8S/c47-34-5-3-31(4-6-34)36-23-46(28-63-29-46)11-9-33(36)26-53-13-15-54(16-14-53)42-22-39(55-17-19-64-45-41(55)20-32-10-12-48-43(32)51-45)37(25-50-42)44(57)52-65(60,61)35-7-8-38(40(21-35)56(58)59)49-24-30-2-1-18-62-27-30/h3-8,10,12,20-22,25,30,49H,1-2,9,11,13-19,23-24,26-29H2,(H,48,51)(H,52,57)/t30-/m0/s1. The second-order valence-electron chi connectivity index (χ2n) is 17.6. The topological polar surface area (TPSA) is 197 Å². The molecule has 7 heterocycles. The lowest BCUT2D eigenvalue weighted by Crippen LogP contribution is -2.48. The molecule has 0 radical (unpaired) electrons. The highest BCUT2D eigenvalue weighted by Gasteiger charge is 2.42. The summed E-state index contributed by atoms with van der Waals surface area (Å²) in [7, 11) is -4.59. The van der Waals surface area contributed by atoms with Crippen LogP contribution in [0.5, 0.6) is 5.88 Å². The first-order valence-corrected chi connectivity index (χ1v) is 23.9. The molecule has 0 saturated carbocycles. The Kier molecular flexibility index (Phi) is 11.9. The van der Waals surface area contributed by atoms with E-state index in [1.807, 2.05) is 35.2 Å². The fourth-order valence-corrected chi connectivity index (χ4v) is 10.7. The molecule has 1 spiro atoms. The van der Waals surface area contributed by atoms with Crippen molar-refractivity contribution in [3.05, 3.63) is 105 Å². The molecule has 3 aromatic heterocycles. The zero-order valence-corrected chi connectivity index (χ0v) is 37.3. The highest BCUT2D eigenvalue weighted by Crippen LogP contribution is 2.48. The molecule has 1 aliphatic carbocycles. The molecule has 0 bridgehead atoms. The molecule has 0 unspecified atom stereocenters. The molecule has 5 aromatic rings. The van der Waals surface area contributed by atoms with Crippen molar-refractivity contribution in [3.8, 4) is 5.88 Å². The predicted molar refractivity (Wildman–Crippen MR) is 247 cm³/mol. The number of carbonyl (C=O) groups is 1. The number of halogens is 1. The largest absolute Gasteiger partial charge is 0.474 e. The molecule has 17 nitrogen and oxygen atoms in total. The maximum Gasteiger partial charge on any atom is 0.293 e. The number of amides is 1. The first-order chi connectivity index (χ1) is 31.5. The highest BCUT2D eigenvalue weighted by atomic mass is 35.5. The van der Waals surface area contributed by atoms with E-state index >= 15 is 0 Å². The lowest BCUT2D eigenvalue weighted by atomic mass is 9.69. The third-order valence-electron chi connectivity index (χ3n) is 13.3. The van der Waals surface area contributed by atoms with Gasteiger partial charge in [-0.3, -0.25) is 19.8 Å². The number of piperazine rings is 1. The van der Waals surface area contributed by atoms with E-state index in [0.717, 1.165) is 81.4 Å². The summed E-state index contributed by atoms with van der Waals surface area (Å²) in [5.74, 6) is 0.220. The number of H-pyrrole nitrogens is 1. The SMILES string of the molecule is O=C(NS(=O)(=O)c1ccc(NC[C@@H]2CCCOC2)c([N+](=O)[O-])c1)c1cnc(N2CCN(CC3=C(c4ccc(Cl)cc4)CC4(CC3)COC4)CC2)cc1N1CCOc2nc3[nH]ccc3cc21. The maximum atomic E-state index is 14.3. The third kappa shape index (κ3) is 8.97. The number of aromatic amines is 1. The number of sulfonamides is 1. The van der Waals surface area contributed by atoms with E-state index in [-0.39, 0.29) is 29.2 Å². The Labute approximate surface area is 381 Å². The molecule has 4 aliphatic heterocycles. The Balaban J connectivity index is 0.906. The van der Waals surface area contributed by atoms with E-state index in [4.69, 9.17) is 30.8 Å². The number of fused-ring (bicyclic) bond motifs is 2. The van der Waals surface area contributed by atoms with Gasteiger partial charge in [0.15, 0.2) is 0 Å². The number of nitrogens with one attached hydrogen (secondary N) is 3. The maximum absolute atomic E-state index is 14.3. The second-order valence-corrected chi connectivity index (χ2v) is 19.8. The second kappa shape index (κ2) is 17.9. The van der Waals surface area contributed by atoms with Crippen LogP contribution in [0, 0.1) is 21.4 Å². The van der Waals surface area contributed by atoms with Crippen LogP contribution in [0.1, 0.15) is 48.0 Å². The van der Waals surface area contributed by atoms with Crippen LogP contribution in [-0.2, 0) is 19.5 Å². The number of hydrogen-bond donors (Lipinski definition) is 3. The summed E-state index contributed by atoms with van der Waals surface area (Å²) in [6.45, 7) is 7.64. The van der Waals surface area contributed by atoms with Crippen molar-refractivity contribution in [2.24, 2.45) is 11.3 Å². The molecule has 3 fully saturated rings. The monoisotopic (exact) mass is 923 g/mol. The van der Waals surface area contributed by atoms with Gasteiger partial charge >= 0.3 is 0 Å². The molecular formula is C46H50ClN9O8S. The van der Waals surface area contributed by atoms with Crippen LogP contribution in [-0.4, -0.2) is 118 Å². The predicted octanol–water partition coefficient (Wildman–Crippen LogP) is 6.78. The van der Waals surface area contributed by atoms with Crippen LogP contribution in [0.15, 0.2) is 83.5 Å². The van der Waals surface area contributed by atoms with Crippen LogP contribution in [0.2, 0.25) is 5.02 Å². The average molecular weight is 924 g/mol. The third-order valence-corrected chi connectivity index (χ3v) is 14.9. The molecule has 3 saturated heterocycles. The summed E-state index contributed by atoms with van der Waals surface area (Å²) >= 11 is 6.28. The molecule has 2 aromatic carbocycles. The molecule has 65 heavy (non-hydrogen) atoms. The molecule has 10 rings (SSSR count). The van der Waals surface area contributed by atoms with Gasteiger partial charge in [0, 0.05) is 86.2 Å². The van der Waals surface area contributed by atoms with Crippen LogP contribution in [0.4, 0.5) is 28.6 Å². The van der Waals surface area contributed by atoms with Crippen molar-refractivity contribution in [1.29, 1.82) is 0 Å². The van der Waals surface area contributed by atoms with Gasteiger partial charge in [-0.15, -0.1) is 0 Å². The normalized spacial score (nSPS) is 20.0. The smallest absolute Gasteiger partial charge is 0.293 e. The number of nitrogens with zero attached hydrogens (tertiary/aromatic N) is 6. The molecule has 19 heteroatoms. The lowest BCUT2D eigenvalue weighted by molar-refractivity contribution is -0.384. The molecule has 5 aliphatic rings. The summed E-state index contributed by atoms with van der Waals surface area (Å²) in [6, 6.07) is 17.4. The Morgan fingerprint density at radius 3 is 2.58 bits per heavy atom. The van der Waals surface area contributed by atoms with Gasteiger partial charge in [-0.1, -0.05) is 29.3 Å². The Morgan fingerprint density at radius 2 is 1.83 bits per heavy atom. The number of nitro benzene ring substituents is 1. The summed E-state index contributed by atoms with van der Waals surface area (Å²) in [5.41, 5.74) is 5.68. The number of rotatable bonds is 12. The van der Waals surface area contributed by atoms with Crippen molar-refractivity contribution in [1.82, 2.24) is 24.6 Å². The van der Waals surface area contributed by atoms with Gasteiger partial charge in [0.05, 0.1) is 47.4 Å². The average Bonchev–Trinajstić information content (AvgIpc) is 3.77. The summed E-state index contributed by atoms with van der Waals surface area (Å²) < 4.78 is 47.1. The minimum Gasteiger partial charge on any atom is -0.474 e. The van der Waals surface area contributed by atoms with E-state index < -0.39 is 31.4 Å². The van der Waals surface area contributed by atoms with Crippen LogP contribution in [0.3, 0.4) is 0 Å². The van der Waals surface area contributed by atoms with Gasteiger partial charge in [-0.05, 0) is 85.6 Å². The Hall–Kier alpha value is -5.79. The zero-order valence-electron chi connectivity index (χ0n) is 35.8. The van der Waals surface area contributed by atoms with Crippen LogP contribution < -0.4 is 24.6 Å². The van der Waals surface area contributed by atoms with Crippen molar-refractivity contribution < 1.29 is 32.3 Å². The van der Waals surface area contributed by atoms with E-state index in [2.05, 4.69) is 41.9 Å². The number of pyridine rings is 2. The number of carbonyl (C=O) groups excluding carboxylic acids is 1. The number of ether oxygens (including phenoxy) is 3. The quantitative estimate of drug-likeness (QED) is 0.0874. The van der Waals surface area contributed by atoms with Crippen molar-refractivity contribution in [3.63, 3.8) is 0 Å². The minimum atomic E-state index is -4.59. The molecule has 1 atom stereocenters. The number of nitro groups is 1. The van der Waals surface area contributed by atoms with Gasteiger partial charge < -0.3 is 34.3 Å². The van der Waals surface area contributed by atoms with Gasteiger partial charge in [0.25, 0.3) is 21.6 Å². The van der Waals surface area contributed by atoms with Gasteiger partial charge in [0.1, 0.15) is 29.4 Å². The zero-order chi connectivity index (χ0) is 44.7. The Bertz CT molecular complexity index is 2770. The van der Waals surface area contributed by atoms with Gasteiger partial charge in [-0.25, -0.2) is 18.1 Å². The Morgan fingerprint density at radius 1 is 1.00 bits per heavy atom. The van der Waals surface area contributed by atoms with Crippen molar-refractivity contribution in [2.45, 2.75) is 37.0 Å². The highest BCUT2D eigenvalue weighted by molar-refractivity contribution is 7.90.